The van der Waals surface area contributed by atoms with Crippen LogP contribution in [0.3, 0.4) is 0 Å². The van der Waals surface area contributed by atoms with E-state index in [0.29, 0.717) is 30.6 Å². The van der Waals surface area contributed by atoms with Crippen molar-refractivity contribution in [3.8, 4) is 0 Å². The van der Waals surface area contributed by atoms with E-state index in [0.717, 1.165) is 10.0 Å². The van der Waals surface area contributed by atoms with Crippen molar-refractivity contribution < 1.29 is 23.8 Å². The van der Waals surface area contributed by atoms with Crippen LogP contribution in [-0.4, -0.2) is 32.1 Å². The minimum absolute atomic E-state index is 0.00575. The largest absolute Gasteiger partial charge is 0.460 e. The van der Waals surface area contributed by atoms with Crippen LogP contribution < -0.4 is 5.73 Å². The maximum Gasteiger partial charge on any atom is 0.340 e. The summed E-state index contributed by atoms with van der Waals surface area (Å²) >= 11 is 3.40. The standard InChI is InChI=1S/C19H20BrNO5/c1-24-9-10-25-19(23)17-15(11-5-7-12(20)8-6-11)16-13(22)3-2-4-14(16)26-18(17)21/h5-8,15H,2-4,9-10,21H2,1H3. The van der Waals surface area contributed by atoms with Crippen LogP contribution in [0.1, 0.15) is 30.7 Å². The van der Waals surface area contributed by atoms with Crippen molar-refractivity contribution in [3.63, 3.8) is 0 Å². The third kappa shape index (κ3) is 3.68. The Kier molecular flexibility index (Phi) is 5.78. The van der Waals surface area contributed by atoms with E-state index in [4.69, 9.17) is 19.9 Å². The molecule has 7 heteroatoms. The normalized spacial score (nSPS) is 19.9. The number of Topliss-reactive ketones (excluding diaryl/α,β-unsaturated/α-hetero) is 1. The summed E-state index contributed by atoms with van der Waals surface area (Å²) in [6, 6.07) is 7.45. The molecular weight excluding hydrogens is 402 g/mol. The van der Waals surface area contributed by atoms with Gasteiger partial charge in [0.1, 0.15) is 17.9 Å². The number of ether oxygens (including phenoxy) is 3. The summed E-state index contributed by atoms with van der Waals surface area (Å²) < 4.78 is 16.7. The SMILES string of the molecule is COCCOC(=O)C1=C(N)OC2=C(C(=O)CCC2)C1c1ccc(Br)cc1. The van der Waals surface area contributed by atoms with Crippen LogP contribution in [0, 0.1) is 0 Å². The average molecular weight is 422 g/mol. The maximum atomic E-state index is 12.7. The van der Waals surface area contributed by atoms with E-state index < -0.39 is 11.9 Å². The van der Waals surface area contributed by atoms with E-state index in [9.17, 15) is 9.59 Å². The number of carbonyl (C=O) groups excluding carboxylic acids is 2. The van der Waals surface area contributed by atoms with Gasteiger partial charge in [-0.1, -0.05) is 28.1 Å². The number of nitrogens with two attached hydrogens (primary N) is 1. The van der Waals surface area contributed by atoms with Crippen molar-refractivity contribution in [1.82, 2.24) is 0 Å². The first-order valence-corrected chi connectivity index (χ1v) is 9.17. The first-order chi connectivity index (χ1) is 12.5. The van der Waals surface area contributed by atoms with E-state index in [1.807, 2.05) is 24.3 Å². The molecule has 0 fully saturated rings. The van der Waals surface area contributed by atoms with E-state index in [1.54, 1.807) is 0 Å². The molecule has 1 aromatic carbocycles. The fraction of sp³-hybridized carbons (Fsp3) is 0.368. The maximum absolute atomic E-state index is 12.7. The molecule has 0 bridgehead atoms. The number of hydrogen-bond donors (Lipinski definition) is 1. The Morgan fingerprint density at radius 2 is 2.00 bits per heavy atom. The van der Waals surface area contributed by atoms with Crippen LogP contribution in [-0.2, 0) is 23.8 Å². The molecule has 1 unspecified atom stereocenters. The molecule has 26 heavy (non-hydrogen) atoms. The average Bonchev–Trinajstić information content (AvgIpc) is 2.61. The van der Waals surface area contributed by atoms with E-state index in [1.165, 1.54) is 7.11 Å². The van der Waals surface area contributed by atoms with Crippen LogP contribution >= 0.6 is 15.9 Å². The Labute approximate surface area is 160 Å². The molecule has 2 N–H and O–H groups in total. The molecule has 0 saturated carbocycles. The van der Waals surface area contributed by atoms with E-state index in [-0.39, 0.29) is 30.5 Å². The lowest BCUT2D eigenvalue weighted by molar-refractivity contribution is -0.140. The van der Waals surface area contributed by atoms with Gasteiger partial charge in [0.2, 0.25) is 5.88 Å². The third-order valence-electron chi connectivity index (χ3n) is 4.43. The zero-order valence-corrected chi connectivity index (χ0v) is 16.0. The number of halogens is 1. The van der Waals surface area contributed by atoms with Gasteiger partial charge in [-0.05, 0) is 24.1 Å². The molecule has 0 amide bonds. The molecule has 0 aromatic heterocycles. The fourth-order valence-electron chi connectivity index (χ4n) is 3.24. The highest BCUT2D eigenvalue weighted by molar-refractivity contribution is 9.10. The van der Waals surface area contributed by atoms with Crippen molar-refractivity contribution in [2.24, 2.45) is 5.73 Å². The lowest BCUT2D eigenvalue weighted by atomic mass is 9.77. The highest BCUT2D eigenvalue weighted by atomic mass is 79.9. The van der Waals surface area contributed by atoms with Crippen molar-refractivity contribution in [2.75, 3.05) is 20.3 Å². The Bertz CT molecular complexity index is 782. The molecule has 3 rings (SSSR count). The van der Waals surface area contributed by atoms with Crippen LogP contribution in [0.15, 0.2) is 51.5 Å². The summed E-state index contributed by atoms with van der Waals surface area (Å²) in [5.41, 5.74) is 7.53. The van der Waals surface area contributed by atoms with Crippen molar-refractivity contribution >= 4 is 27.7 Å². The molecule has 0 radical (unpaired) electrons. The minimum atomic E-state index is -0.600. The molecule has 1 aliphatic heterocycles. The zero-order valence-electron chi connectivity index (χ0n) is 14.4. The molecule has 1 aromatic rings. The smallest absolute Gasteiger partial charge is 0.340 e. The van der Waals surface area contributed by atoms with Crippen molar-refractivity contribution in [2.45, 2.75) is 25.2 Å². The molecule has 2 aliphatic rings. The highest BCUT2D eigenvalue weighted by Gasteiger charge is 2.41. The highest BCUT2D eigenvalue weighted by Crippen LogP contribution is 2.44. The van der Waals surface area contributed by atoms with Gasteiger partial charge in [-0.2, -0.15) is 0 Å². The first-order valence-electron chi connectivity index (χ1n) is 8.38. The van der Waals surface area contributed by atoms with Gasteiger partial charge < -0.3 is 19.9 Å². The predicted molar refractivity (Wildman–Crippen MR) is 97.9 cm³/mol. The van der Waals surface area contributed by atoms with Gasteiger partial charge in [0.25, 0.3) is 0 Å². The zero-order chi connectivity index (χ0) is 18.7. The molecular formula is C19H20BrNO5. The van der Waals surface area contributed by atoms with Crippen molar-refractivity contribution in [1.29, 1.82) is 0 Å². The fourth-order valence-corrected chi connectivity index (χ4v) is 3.50. The van der Waals surface area contributed by atoms with Gasteiger partial charge in [-0.25, -0.2) is 4.79 Å². The van der Waals surface area contributed by atoms with Gasteiger partial charge in [0, 0.05) is 30.0 Å². The predicted octanol–water partition coefficient (Wildman–Crippen LogP) is 2.93. The summed E-state index contributed by atoms with van der Waals surface area (Å²) in [5.74, 6) is -0.658. The third-order valence-corrected chi connectivity index (χ3v) is 4.96. The second-order valence-electron chi connectivity index (χ2n) is 6.11. The second kappa shape index (κ2) is 8.05. The molecule has 0 saturated heterocycles. The minimum Gasteiger partial charge on any atom is -0.460 e. The Balaban J connectivity index is 2.04. The quantitative estimate of drug-likeness (QED) is 0.580. The number of ketones is 1. The van der Waals surface area contributed by atoms with Gasteiger partial charge in [0.15, 0.2) is 5.78 Å². The number of esters is 1. The number of rotatable bonds is 5. The first kappa shape index (κ1) is 18.7. The summed E-state index contributed by atoms with van der Waals surface area (Å²) in [4.78, 5) is 25.3. The van der Waals surface area contributed by atoms with Gasteiger partial charge in [-0.15, -0.1) is 0 Å². The molecule has 138 valence electrons. The van der Waals surface area contributed by atoms with Crippen LogP contribution in [0.25, 0.3) is 0 Å². The lowest BCUT2D eigenvalue weighted by Gasteiger charge is -2.32. The monoisotopic (exact) mass is 421 g/mol. The van der Waals surface area contributed by atoms with Crippen LogP contribution in [0.4, 0.5) is 0 Å². The molecule has 1 atom stereocenters. The number of benzene rings is 1. The van der Waals surface area contributed by atoms with E-state index >= 15 is 0 Å². The number of carbonyl (C=O) groups is 2. The van der Waals surface area contributed by atoms with Gasteiger partial charge >= 0.3 is 5.97 Å². The number of hydrogen-bond acceptors (Lipinski definition) is 6. The Morgan fingerprint density at radius 1 is 1.27 bits per heavy atom. The lowest BCUT2D eigenvalue weighted by Crippen LogP contribution is -2.31. The van der Waals surface area contributed by atoms with Gasteiger partial charge in [0.05, 0.1) is 12.5 Å². The van der Waals surface area contributed by atoms with Crippen molar-refractivity contribution in [3.05, 3.63) is 57.1 Å². The van der Waals surface area contributed by atoms with E-state index in [2.05, 4.69) is 15.9 Å². The number of allylic oxidation sites excluding steroid dienone is 2. The summed E-state index contributed by atoms with van der Waals surface area (Å²) in [5, 5.41) is 0. The summed E-state index contributed by atoms with van der Waals surface area (Å²) in [6.07, 6.45) is 1.77. The molecule has 6 nitrogen and oxygen atoms in total. The molecule has 1 heterocycles. The van der Waals surface area contributed by atoms with Crippen LogP contribution in [0.2, 0.25) is 0 Å². The molecule has 0 spiro atoms. The van der Waals surface area contributed by atoms with Crippen LogP contribution in [0.5, 0.6) is 0 Å². The number of methoxy groups -OCH3 is 1. The Morgan fingerprint density at radius 3 is 2.69 bits per heavy atom. The second-order valence-corrected chi connectivity index (χ2v) is 7.02. The summed E-state index contributed by atoms with van der Waals surface area (Å²) in [6.45, 7) is 0.370. The topological polar surface area (TPSA) is 87.8 Å². The Hall–Kier alpha value is -2.12. The molecule has 1 aliphatic carbocycles. The summed E-state index contributed by atoms with van der Waals surface area (Å²) in [7, 11) is 1.52. The van der Waals surface area contributed by atoms with Gasteiger partial charge in [-0.3, -0.25) is 4.79 Å².